The summed E-state index contributed by atoms with van der Waals surface area (Å²) in [6.07, 6.45) is 0. The van der Waals surface area contributed by atoms with Crippen molar-refractivity contribution in [1.29, 1.82) is 0 Å². The lowest BCUT2D eigenvalue weighted by molar-refractivity contribution is 1.31. The van der Waals surface area contributed by atoms with Crippen LogP contribution < -0.4 is 4.90 Å². The van der Waals surface area contributed by atoms with E-state index in [0.717, 1.165) is 11.4 Å². The summed E-state index contributed by atoms with van der Waals surface area (Å²) in [4.78, 5) is 2.52. The van der Waals surface area contributed by atoms with Gasteiger partial charge in [-0.15, -0.1) is 22.7 Å². The minimum Gasteiger partial charge on any atom is -0.308 e. The summed E-state index contributed by atoms with van der Waals surface area (Å²) in [5.41, 5.74) is 8.35. The van der Waals surface area contributed by atoms with Crippen molar-refractivity contribution in [2.75, 3.05) is 4.90 Å². The molecule has 0 N–H and O–H groups in total. The van der Waals surface area contributed by atoms with E-state index in [2.05, 4.69) is 169 Å². The SMILES string of the molecule is c1ccc(-c2ccccc2N(c2ccc3c(c2)sc2ccccc23)c2c(-c3ccccc3)ccc3c2sc2ccccc23)cc1. The predicted octanol–water partition coefficient (Wildman–Crippen LogP) is 13.2. The summed E-state index contributed by atoms with van der Waals surface area (Å²) in [5.74, 6) is 0. The zero-order chi connectivity index (χ0) is 29.7. The number of rotatable bonds is 5. The van der Waals surface area contributed by atoms with Crippen molar-refractivity contribution >= 4 is 80.1 Å². The fourth-order valence-electron chi connectivity index (χ4n) is 6.62. The molecule has 0 aliphatic heterocycles. The Labute approximate surface area is 269 Å². The van der Waals surface area contributed by atoms with Crippen LogP contribution in [0.1, 0.15) is 0 Å². The Morgan fingerprint density at radius 3 is 1.69 bits per heavy atom. The molecule has 0 atom stereocenters. The Kier molecular flexibility index (Phi) is 6.26. The molecule has 0 amide bonds. The average Bonchev–Trinajstić information content (AvgIpc) is 3.68. The number of fused-ring (bicyclic) bond motifs is 6. The van der Waals surface area contributed by atoms with E-state index in [0.29, 0.717) is 0 Å². The second kappa shape index (κ2) is 10.7. The highest BCUT2D eigenvalue weighted by Crippen LogP contribution is 2.51. The molecule has 9 rings (SSSR count). The zero-order valence-corrected chi connectivity index (χ0v) is 26.0. The first-order valence-corrected chi connectivity index (χ1v) is 16.8. The van der Waals surface area contributed by atoms with Gasteiger partial charge in [-0.3, -0.25) is 0 Å². The van der Waals surface area contributed by atoms with Crippen molar-refractivity contribution in [2.45, 2.75) is 0 Å². The average molecular weight is 610 g/mol. The van der Waals surface area contributed by atoms with Crippen LogP contribution in [0.4, 0.5) is 17.1 Å². The van der Waals surface area contributed by atoms with Gasteiger partial charge >= 0.3 is 0 Å². The lowest BCUT2D eigenvalue weighted by Gasteiger charge is -2.30. The summed E-state index contributed by atoms with van der Waals surface area (Å²) in [5, 5.41) is 5.21. The third kappa shape index (κ3) is 4.35. The standard InChI is InChI=1S/C42H27NS2/c1-3-13-28(14-4-1)31-17-7-10-20-37(31)43(30-23-24-35-33-18-8-11-21-38(33)44-40(35)27-30)41-32(29-15-5-2-6-16-29)25-26-36-34-19-9-12-22-39(34)45-42(36)41/h1-27H. The molecule has 0 saturated heterocycles. The highest BCUT2D eigenvalue weighted by molar-refractivity contribution is 7.26. The van der Waals surface area contributed by atoms with Gasteiger partial charge in [-0.2, -0.15) is 0 Å². The summed E-state index contributed by atoms with van der Waals surface area (Å²) < 4.78 is 5.20. The number of para-hydroxylation sites is 1. The van der Waals surface area contributed by atoms with Gasteiger partial charge in [-0.25, -0.2) is 0 Å². The van der Waals surface area contributed by atoms with Crippen molar-refractivity contribution in [3.63, 3.8) is 0 Å². The van der Waals surface area contributed by atoms with Crippen molar-refractivity contribution in [3.8, 4) is 22.3 Å². The van der Waals surface area contributed by atoms with Crippen LogP contribution in [0.3, 0.4) is 0 Å². The van der Waals surface area contributed by atoms with Gasteiger partial charge in [-0.1, -0.05) is 133 Å². The fourth-order valence-corrected chi connectivity index (χ4v) is 9.00. The molecular formula is C42H27NS2. The topological polar surface area (TPSA) is 3.24 Å². The second-order valence-corrected chi connectivity index (χ2v) is 13.4. The monoisotopic (exact) mass is 609 g/mol. The molecule has 2 heterocycles. The number of benzene rings is 7. The Morgan fingerprint density at radius 1 is 0.378 bits per heavy atom. The fraction of sp³-hybridized carbons (Fsp3) is 0. The molecule has 9 aromatic rings. The van der Waals surface area contributed by atoms with E-state index in [1.54, 1.807) is 0 Å². The Bertz CT molecular complexity index is 2490. The van der Waals surface area contributed by atoms with Gasteiger partial charge in [0, 0.05) is 52.5 Å². The maximum absolute atomic E-state index is 2.52. The van der Waals surface area contributed by atoms with E-state index >= 15 is 0 Å². The van der Waals surface area contributed by atoms with E-state index in [9.17, 15) is 0 Å². The van der Waals surface area contributed by atoms with E-state index in [-0.39, 0.29) is 0 Å². The molecular weight excluding hydrogens is 583 g/mol. The molecule has 0 aliphatic carbocycles. The van der Waals surface area contributed by atoms with E-state index in [1.807, 2.05) is 22.7 Å². The molecule has 0 unspecified atom stereocenters. The number of hydrogen-bond acceptors (Lipinski definition) is 3. The lowest BCUT2D eigenvalue weighted by atomic mass is 9.97. The van der Waals surface area contributed by atoms with Crippen molar-refractivity contribution < 1.29 is 0 Å². The largest absolute Gasteiger partial charge is 0.308 e. The van der Waals surface area contributed by atoms with Gasteiger partial charge in [0.25, 0.3) is 0 Å². The minimum atomic E-state index is 1.15. The third-order valence-corrected chi connectivity index (χ3v) is 11.0. The van der Waals surface area contributed by atoms with Crippen molar-refractivity contribution in [1.82, 2.24) is 0 Å². The summed E-state index contributed by atoms with van der Waals surface area (Å²) >= 11 is 3.75. The maximum Gasteiger partial charge on any atom is 0.0718 e. The second-order valence-electron chi connectivity index (χ2n) is 11.3. The third-order valence-electron chi connectivity index (χ3n) is 8.68. The van der Waals surface area contributed by atoms with Crippen LogP contribution in [0.5, 0.6) is 0 Å². The quantitative estimate of drug-likeness (QED) is 0.188. The van der Waals surface area contributed by atoms with Gasteiger partial charge in [0.05, 0.1) is 16.1 Å². The molecule has 212 valence electrons. The first-order valence-electron chi connectivity index (χ1n) is 15.2. The molecule has 0 fully saturated rings. The minimum absolute atomic E-state index is 1.15. The smallest absolute Gasteiger partial charge is 0.0718 e. The van der Waals surface area contributed by atoms with E-state index in [4.69, 9.17) is 0 Å². The zero-order valence-electron chi connectivity index (χ0n) is 24.4. The number of nitrogens with zero attached hydrogens (tertiary/aromatic N) is 1. The molecule has 0 aliphatic rings. The Morgan fingerprint density at radius 2 is 0.933 bits per heavy atom. The van der Waals surface area contributed by atoms with E-state index < -0.39 is 0 Å². The van der Waals surface area contributed by atoms with Crippen LogP contribution in [-0.2, 0) is 0 Å². The summed E-state index contributed by atoms with van der Waals surface area (Å²) in [6.45, 7) is 0. The predicted molar refractivity (Wildman–Crippen MR) is 198 cm³/mol. The van der Waals surface area contributed by atoms with Crippen molar-refractivity contribution in [2.24, 2.45) is 0 Å². The molecule has 0 spiro atoms. The van der Waals surface area contributed by atoms with Gasteiger partial charge in [-0.05, 0) is 41.5 Å². The van der Waals surface area contributed by atoms with Gasteiger partial charge in [0.1, 0.15) is 0 Å². The first kappa shape index (κ1) is 26.2. The van der Waals surface area contributed by atoms with Gasteiger partial charge in [0.2, 0.25) is 0 Å². The van der Waals surface area contributed by atoms with Crippen LogP contribution >= 0.6 is 22.7 Å². The van der Waals surface area contributed by atoms with Crippen LogP contribution in [0, 0.1) is 0 Å². The molecule has 7 aromatic carbocycles. The number of hydrogen-bond donors (Lipinski definition) is 0. The molecule has 0 bridgehead atoms. The van der Waals surface area contributed by atoms with Crippen LogP contribution in [-0.4, -0.2) is 0 Å². The van der Waals surface area contributed by atoms with Crippen LogP contribution in [0.25, 0.3) is 62.6 Å². The summed E-state index contributed by atoms with van der Waals surface area (Å²) in [6, 6.07) is 59.6. The summed E-state index contributed by atoms with van der Waals surface area (Å²) in [7, 11) is 0. The molecule has 1 nitrogen and oxygen atoms in total. The normalized spacial score (nSPS) is 11.6. The lowest BCUT2D eigenvalue weighted by Crippen LogP contribution is -2.12. The maximum atomic E-state index is 2.52. The first-order chi connectivity index (χ1) is 22.3. The molecule has 0 radical (unpaired) electrons. The molecule has 0 saturated carbocycles. The number of anilines is 3. The van der Waals surface area contributed by atoms with Crippen LogP contribution in [0.15, 0.2) is 164 Å². The number of thiophene rings is 2. The van der Waals surface area contributed by atoms with Crippen LogP contribution in [0.2, 0.25) is 0 Å². The molecule has 45 heavy (non-hydrogen) atoms. The highest BCUT2D eigenvalue weighted by Gasteiger charge is 2.25. The highest BCUT2D eigenvalue weighted by atomic mass is 32.1. The Hall–Kier alpha value is -5.22. The molecule has 3 heteroatoms. The van der Waals surface area contributed by atoms with Gasteiger partial charge in [0.15, 0.2) is 0 Å². The van der Waals surface area contributed by atoms with Gasteiger partial charge < -0.3 is 4.90 Å². The molecule has 2 aromatic heterocycles. The van der Waals surface area contributed by atoms with E-state index in [1.165, 1.54) is 68.3 Å². The Balaban J connectivity index is 1.42. The van der Waals surface area contributed by atoms with Crippen molar-refractivity contribution in [3.05, 3.63) is 164 Å².